The fourth-order valence-corrected chi connectivity index (χ4v) is 0.209. The molecule has 0 saturated heterocycles. The van der Waals surface area contributed by atoms with Gasteiger partial charge in [-0.2, -0.15) is 0 Å². The topological polar surface area (TPSA) is 90.5 Å². The second-order valence-corrected chi connectivity index (χ2v) is 1.82. The van der Waals surface area contributed by atoms with E-state index >= 15 is 0 Å². The summed E-state index contributed by atoms with van der Waals surface area (Å²) in [5.41, 5.74) is 9.07. The summed E-state index contributed by atoms with van der Waals surface area (Å²) >= 11 is 8.05. The normalized spacial score (nSPS) is 6.27. The molecule has 0 aliphatic heterocycles. The molecule has 0 spiro atoms. The molecule has 0 atom stereocenters. The fourth-order valence-electron chi connectivity index (χ4n) is 0.107. The van der Waals surface area contributed by atoms with Gasteiger partial charge in [-0.3, -0.25) is 5.43 Å². The number of thiocarbonyl (C=S) groups is 2. The molecule has 0 aliphatic carbocycles. The molecular formula is C3H10N3NaO2S2. The Balaban J connectivity index is -0.000000114. The average Bonchev–Trinajstić information content (AvgIpc) is 1.62. The van der Waals surface area contributed by atoms with Gasteiger partial charge in [0, 0.05) is 7.05 Å². The van der Waals surface area contributed by atoms with Crippen molar-refractivity contribution in [2.24, 2.45) is 5.73 Å². The molecular weight excluding hydrogens is 197 g/mol. The number of aliphatic hydroxyl groups is 2. The first-order valence-electron chi connectivity index (χ1n) is 2.14. The van der Waals surface area contributed by atoms with Crippen molar-refractivity contribution in [1.29, 1.82) is 0 Å². The molecule has 6 N–H and O–H groups in total. The number of hydrogen-bond acceptors (Lipinski definition) is 3. The van der Waals surface area contributed by atoms with Gasteiger partial charge in [0.15, 0.2) is 0 Å². The summed E-state index contributed by atoms with van der Waals surface area (Å²) in [7, 11) is 1.61. The van der Waals surface area contributed by atoms with E-state index < -0.39 is 5.17 Å². The van der Waals surface area contributed by atoms with Gasteiger partial charge in [-0.05, 0) is 24.4 Å². The third-order valence-corrected chi connectivity index (χ3v) is 0.334. The molecule has 0 aromatic carbocycles. The van der Waals surface area contributed by atoms with E-state index in [4.69, 9.17) is 10.2 Å². The molecule has 0 radical (unpaired) electrons. The summed E-state index contributed by atoms with van der Waals surface area (Å²) in [5.74, 6) is 0. The minimum atomic E-state index is -0.500. The van der Waals surface area contributed by atoms with Gasteiger partial charge in [-0.1, -0.05) is 0 Å². The van der Waals surface area contributed by atoms with Crippen LogP contribution in [-0.2, 0) is 0 Å². The molecule has 0 unspecified atom stereocenters. The van der Waals surface area contributed by atoms with E-state index in [-0.39, 0.29) is 34.7 Å². The van der Waals surface area contributed by atoms with Crippen molar-refractivity contribution in [3.63, 3.8) is 0 Å². The van der Waals surface area contributed by atoms with Gasteiger partial charge in [0.2, 0.25) is 0 Å². The first kappa shape index (κ1) is 17.4. The zero-order chi connectivity index (χ0) is 8.57. The van der Waals surface area contributed by atoms with Crippen LogP contribution in [0.1, 0.15) is 0 Å². The van der Waals surface area contributed by atoms with Crippen LogP contribution in [-0.4, -0.2) is 57.2 Å². The Morgan fingerprint density at radius 3 is 1.64 bits per heavy atom. The van der Waals surface area contributed by atoms with E-state index in [1.165, 1.54) is 0 Å². The first-order valence-corrected chi connectivity index (χ1v) is 2.96. The third-order valence-electron chi connectivity index (χ3n) is 0.232. The number of hydrogen-bond donors (Lipinski definition) is 5. The van der Waals surface area contributed by atoms with Crippen molar-refractivity contribution in [2.45, 2.75) is 0 Å². The van der Waals surface area contributed by atoms with Crippen LogP contribution in [0.15, 0.2) is 0 Å². The third kappa shape index (κ3) is 64.5. The van der Waals surface area contributed by atoms with E-state index in [0.29, 0.717) is 0 Å². The molecule has 0 aliphatic rings. The van der Waals surface area contributed by atoms with E-state index in [2.05, 4.69) is 41.0 Å². The molecule has 11 heavy (non-hydrogen) atoms. The Kier molecular flexibility index (Phi) is 20.5. The number of aliphatic hydroxyl groups excluding tert-OH is 2. The molecule has 0 bridgehead atoms. The molecule has 62 valence electrons. The monoisotopic (exact) mass is 207 g/mol. The van der Waals surface area contributed by atoms with Crippen LogP contribution < -0.4 is 16.6 Å². The number of hydrazine groups is 1. The predicted molar refractivity (Wildman–Crippen MR) is 54.0 cm³/mol. The second-order valence-electron chi connectivity index (χ2n) is 1.02. The van der Waals surface area contributed by atoms with Crippen molar-refractivity contribution in [2.75, 3.05) is 7.05 Å². The van der Waals surface area contributed by atoms with Crippen molar-refractivity contribution >= 4 is 64.3 Å². The Bertz CT molecular complexity index is 119. The molecule has 0 rings (SSSR count). The van der Waals surface area contributed by atoms with Crippen molar-refractivity contribution in [3.8, 4) is 0 Å². The van der Waals surface area contributed by atoms with E-state index in [9.17, 15) is 0 Å². The first-order chi connectivity index (χ1) is 4.50. The van der Waals surface area contributed by atoms with Gasteiger partial charge < -0.3 is 15.9 Å². The van der Waals surface area contributed by atoms with Crippen molar-refractivity contribution < 1.29 is 10.2 Å². The quantitative estimate of drug-likeness (QED) is 0.207. The number of rotatable bonds is 1. The summed E-state index contributed by atoms with van der Waals surface area (Å²) in [4.78, 5) is 0. The van der Waals surface area contributed by atoms with Crippen LogP contribution in [0.5, 0.6) is 0 Å². The molecule has 0 aromatic rings. The van der Waals surface area contributed by atoms with Crippen LogP contribution in [0.3, 0.4) is 0 Å². The van der Waals surface area contributed by atoms with Gasteiger partial charge in [0.05, 0.1) is 0 Å². The zero-order valence-electron chi connectivity index (χ0n) is 5.29. The molecule has 5 nitrogen and oxygen atoms in total. The zero-order valence-corrected chi connectivity index (χ0v) is 6.92. The van der Waals surface area contributed by atoms with Crippen LogP contribution in [0.2, 0.25) is 0 Å². The summed E-state index contributed by atoms with van der Waals surface area (Å²) in [6, 6.07) is 0. The summed E-state index contributed by atoms with van der Waals surface area (Å²) in [5, 5.41) is 14.9. The van der Waals surface area contributed by atoms with Crippen molar-refractivity contribution in [3.05, 3.63) is 0 Å². The molecule has 0 aromatic heterocycles. The Morgan fingerprint density at radius 1 is 1.36 bits per heavy atom. The summed E-state index contributed by atoms with van der Waals surface area (Å²) < 4.78 is 0. The van der Waals surface area contributed by atoms with Crippen LogP contribution in [0.4, 0.5) is 0 Å². The number of nitrogens with one attached hydrogen (secondary N) is 2. The fraction of sp³-hybridized carbons (Fsp3) is 0.333. The van der Waals surface area contributed by atoms with Crippen LogP contribution in [0, 0.1) is 0 Å². The molecule has 0 amide bonds. The molecule has 0 saturated carbocycles. The van der Waals surface area contributed by atoms with E-state index in [0.717, 1.165) is 0 Å². The van der Waals surface area contributed by atoms with Gasteiger partial charge in [0.1, 0.15) is 0 Å². The van der Waals surface area contributed by atoms with Gasteiger partial charge in [-0.15, -0.1) is 0 Å². The summed E-state index contributed by atoms with van der Waals surface area (Å²) in [6.45, 7) is 0. The van der Waals surface area contributed by atoms with Crippen LogP contribution >= 0.6 is 24.4 Å². The standard InChI is InChI=1S/C2H6N2OS.CH3NOS.Na.H/c1-3-4-2(5)6;2-1(3)4;;/h3H,1H3,(H2,4,5,6);(H3,2,3,4);;. The average molecular weight is 207 g/mol. The minimum absolute atomic E-state index is 0. The van der Waals surface area contributed by atoms with E-state index in [1.54, 1.807) is 7.05 Å². The Labute approximate surface area is 97.6 Å². The maximum atomic E-state index is 8.11. The Hall–Kier alpha value is 0.340. The SMILES string of the molecule is CNNC(O)=S.NC(O)=S.[NaH]. The van der Waals surface area contributed by atoms with Gasteiger partial charge >= 0.3 is 29.6 Å². The maximum absolute atomic E-state index is 8.11. The molecule has 0 heterocycles. The van der Waals surface area contributed by atoms with Crippen molar-refractivity contribution in [1.82, 2.24) is 10.9 Å². The Morgan fingerprint density at radius 2 is 1.64 bits per heavy atom. The van der Waals surface area contributed by atoms with Crippen LogP contribution in [0.25, 0.3) is 0 Å². The summed E-state index contributed by atoms with van der Waals surface area (Å²) in [6.07, 6.45) is 0. The van der Waals surface area contributed by atoms with Gasteiger partial charge in [-0.25, -0.2) is 5.43 Å². The predicted octanol–water partition coefficient (Wildman–Crippen LogP) is -1.31. The molecule has 8 heteroatoms. The number of nitrogens with two attached hydrogens (primary N) is 1. The molecule has 0 fully saturated rings. The second kappa shape index (κ2) is 13.0. The van der Waals surface area contributed by atoms with Gasteiger partial charge in [0.25, 0.3) is 10.3 Å². The van der Waals surface area contributed by atoms with E-state index in [1.807, 2.05) is 0 Å².